The Bertz CT molecular complexity index is 5180. The summed E-state index contributed by atoms with van der Waals surface area (Å²) < 4.78 is 18.6. The van der Waals surface area contributed by atoms with Gasteiger partial charge in [-0.25, -0.2) is 4.39 Å². The molecule has 0 bridgehead atoms. The van der Waals surface area contributed by atoms with Gasteiger partial charge in [0.15, 0.2) is 0 Å². The zero-order chi connectivity index (χ0) is 60.2. The first-order chi connectivity index (χ1) is 43.9. The molecule has 3 aliphatic rings. The summed E-state index contributed by atoms with van der Waals surface area (Å²) in [5.74, 6) is -0.235. The highest BCUT2D eigenvalue weighted by Gasteiger charge is 2.48. The number of para-hydroxylation sites is 3. The number of halogens is 1. The normalized spacial score (nSPS) is 13.8. The van der Waals surface area contributed by atoms with Crippen LogP contribution in [0.15, 0.2) is 291 Å². The number of nitrogens with zero attached hydrogens (tertiary/aromatic N) is 3. The number of hydrogen-bond acceptors (Lipinski definition) is 1. The summed E-state index contributed by atoms with van der Waals surface area (Å²) in [6.45, 7) is 6.08. The molecule has 15 aromatic rings. The molecule has 0 radical (unpaired) electrons. The lowest BCUT2D eigenvalue weighted by atomic mass is 9.65. The highest BCUT2D eigenvalue weighted by Crippen LogP contribution is 2.59. The molecule has 18 rings (SSSR count). The van der Waals surface area contributed by atoms with Crippen molar-refractivity contribution in [3.05, 3.63) is 341 Å². The van der Waals surface area contributed by atoms with Crippen LogP contribution < -0.4 is 4.90 Å². The Morgan fingerprint density at radius 2 is 1.07 bits per heavy atom. The van der Waals surface area contributed by atoms with E-state index in [0.29, 0.717) is 0 Å². The van der Waals surface area contributed by atoms with Crippen LogP contribution in [-0.4, -0.2) is 16.0 Å². The summed E-state index contributed by atoms with van der Waals surface area (Å²) in [5, 5.41) is 10.3. The Morgan fingerprint density at radius 3 is 1.76 bits per heavy atom. The lowest BCUT2D eigenvalue weighted by molar-refractivity contribution is 0.628. The molecule has 12 aromatic carbocycles. The van der Waals surface area contributed by atoms with Crippen LogP contribution in [-0.2, 0) is 11.8 Å². The molecule has 0 aliphatic heterocycles. The van der Waals surface area contributed by atoms with Crippen LogP contribution in [0, 0.1) is 12.7 Å². The fourth-order valence-electron chi connectivity index (χ4n) is 14.7. The minimum Gasteiger partial charge on any atom is -0.345 e. The molecule has 4 heteroatoms. The molecule has 3 nitrogen and oxygen atoms in total. The lowest BCUT2D eigenvalue weighted by Crippen LogP contribution is -2.29. The highest BCUT2D eigenvalue weighted by molar-refractivity contribution is 6.29. The van der Waals surface area contributed by atoms with Gasteiger partial charge in [0.2, 0.25) is 0 Å². The molecule has 0 amide bonds. The summed E-state index contributed by atoms with van der Waals surface area (Å²) >= 11 is 0. The van der Waals surface area contributed by atoms with Gasteiger partial charge in [-0.3, -0.25) is 0 Å². The second-order valence-corrected chi connectivity index (χ2v) is 23.6. The second-order valence-electron chi connectivity index (χ2n) is 23.6. The van der Waals surface area contributed by atoms with Crippen LogP contribution in [0.25, 0.3) is 93.6 Å². The Morgan fingerprint density at radius 1 is 0.472 bits per heavy atom. The van der Waals surface area contributed by atoms with E-state index in [1.54, 1.807) is 0 Å². The van der Waals surface area contributed by atoms with Gasteiger partial charge in [0.1, 0.15) is 5.82 Å². The minimum absolute atomic E-state index is 0.235. The molecule has 430 valence electrons. The SMILES string of the molecule is C1=Cc2ccccc2CC1.CC.CN(c1ccc(F)cc1)c1ccc(-n2c3ccccc3c3cc(C4=CC5=C(CC4)c4cc6c(ccc7c6c6cccc8c9ccccc9n7c86)cc4C5(c4ccccc4)c4ccccc4)ccc32)cc1.Cc1ccccc1. The van der Waals surface area contributed by atoms with Gasteiger partial charge >= 0.3 is 0 Å². The number of aromatic nitrogens is 2. The van der Waals surface area contributed by atoms with E-state index in [4.69, 9.17) is 0 Å². The van der Waals surface area contributed by atoms with E-state index in [9.17, 15) is 4.39 Å². The number of anilines is 2. The monoisotopic (exact) mass is 1150 g/mol. The minimum atomic E-state index is -0.523. The summed E-state index contributed by atoms with van der Waals surface area (Å²) in [6.07, 6.45) is 11.3. The van der Waals surface area contributed by atoms with Crippen LogP contribution in [0.4, 0.5) is 15.8 Å². The van der Waals surface area contributed by atoms with E-state index in [1.807, 2.05) is 51.2 Å². The highest BCUT2D eigenvalue weighted by atomic mass is 19.1. The van der Waals surface area contributed by atoms with Crippen molar-refractivity contribution in [3.8, 4) is 5.69 Å². The van der Waals surface area contributed by atoms with Gasteiger partial charge in [-0.15, -0.1) is 0 Å². The molecule has 0 unspecified atom stereocenters. The van der Waals surface area contributed by atoms with Crippen molar-refractivity contribution in [1.29, 1.82) is 0 Å². The summed E-state index contributed by atoms with van der Waals surface area (Å²) in [7, 11) is 2.02. The van der Waals surface area contributed by atoms with Crippen molar-refractivity contribution in [2.24, 2.45) is 0 Å². The van der Waals surface area contributed by atoms with Crippen LogP contribution in [0.1, 0.15) is 77.6 Å². The first-order valence-corrected chi connectivity index (χ1v) is 31.5. The summed E-state index contributed by atoms with van der Waals surface area (Å²) in [6, 6.07) is 98.1. The molecule has 3 aliphatic carbocycles. The van der Waals surface area contributed by atoms with E-state index in [-0.39, 0.29) is 5.82 Å². The maximum Gasteiger partial charge on any atom is 0.123 e. The van der Waals surface area contributed by atoms with Gasteiger partial charge in [0.25, 0.3) is 0 Å². The van der Waals surface area contributed by atoms with Crippen molar-refractivity contribution in [3.63, 3.8) is 0 Å². The number of allylic oxidation sites excluding steroid dienone is 5. The zero-order valence-corrected chi connectivity index (χ0v) is 50.8. The summed E-state index contributed by atoms with van der Waals surface area (Å²) in [5.41, 5.74) is 23.6. The molecule has 0 saturated heterocycles. The Balaban J connectivity index is 0.000000300. The van der Waals surface area contributed by atoms with Crippen LogP contribution in [0.3, 0.4) is 0 Å². The Kier molecular flexibility index (Phi) is 14.2. The number of hydrogen-bond donors (Lipinski definition) is 0. The van der Waals surface area contributed by atoms with Gasteiger partial charge in [-0.1, -0.05) is 220 Å². The molecule has 0 fully saturated rings. The van der Waals surface area contributed by atoms with Gasteiger partial charge in [0, 0.05) is 56.4 Å². The standard InChI is InChI=1S/C66H44FN3.C10H10.C7H8.C2H6/c1-68(47-28-26-46(67)27-29-47)48-30-32-49(33-31-48)69-60-21-10-9-18-52(60)57-37-41(24-35-62(57)69)42-23-34-50-56-40-55-43(25-36-63-64(55)54-20-12-19-53-51-17-8-11-22-61(51)70(63)65(53)54)39-59(56)66(58(50)38-42,44-13-4-2-5-14-44)45-15-6-3-7-16-45;1-2-6-10-8-4-3-7-9(10)5-1;1-7-5-3-2-4-6-7;1-2/h2-22,24-33,35-40H,23,34H2,1H3;1-3,5-7H,4,8H2;2-6H,1H3;1-2H3. The van der Waals surface area contributed by atoms with Crippen LogP contribution in [0.2, 0.25) is 0 Å². The predicted molar refractivity (Wildman–Crippen MR) is 377 cm³/mol. The van der Waals surface area contributed by atoms with Crippen molar-refractivity contribution < 1.29 is 4.39 Å². The third kappa shape index (κ3) is 9.24. The van der Waals surface area contributed by atoms with Crippen molar-refractivity contribution >= 4 is 99.3 Å². The topological polar surface area (TPSA) is 12.6 Å². The molecule has 0 saturated carbocycles. The maximum absolute atomic E-state index is 13.7. The van der Waals surface area contributed by atoms with Crippen molar-refractivity contribution in [2.45, 2.75) is 51.9 Å². The second kappa shape index (κ2) is 22.9. The number of aryl methyl sites for hydroxylation is 2. The molecule has 3 heterocycles. The molecular formula is C85H68FN3. The molecule has 0 spiro atoms. The van der Waals surface area contributed by atoms with E-state index in [0.717, 1.165) is 29.9 Å². The first kappa shape index (κ1) is 55.1. The average molecular weight is 1150 g/mol. The van der Waals surface area contributed by atoms with E-state index in [2.05, 4.69) is 270 Å². The summed E-state index contributed by atoms with van der Waals surface area (Å²) in [4.78, 5) is 2.08. The third-order valence-corrected chi connectivity index (χ3v) is 18.8. The van der Waals surface area contributed by atoms with E-state index >= 15 is 0 Å². The molecular weight excluding hydrogens is 1080 g/mol. The number of benzene rings is 12. The maximum atomic E-state index is 13.7. The largest absolute Gasteiger partial charge is 0.345 e. The van der Waals surface area contributed by atoms with Gasteiger partial charge in [-0.2, -0.15) is 0 Å². The fraction of sp³-hybridized carbons (Fsp3) is 0.106. The van der Waals surface area contributed by atoms with Crippen molar-refractivity contribution in [2.75, 3.05) is 11.9 Å². The zero-order valence-electron chi connectivity index (χ0n) is 50.8. The van der Waals surface area contributed by atoms with E-state index < -0.39 is 5.41 Å². The predicted octanol–water partition coefficient (Wildman–Crippen LogP) is 22.6. The van der Waals surface area contributed by atoms with Crippen molar-refractivity contribution in [1.82, 2.24) is 8.97 Å². The smallest absolute Gasteiger partial charge is 0.123 e. The first-order valence-electron chi connectivity index (χ1n) is 31.5. The van der Waals surface area contributed by atoms with Gasteiger partial charge < -0.3 is 13.9 Å². The van der Waals surface area contributed by atoms with Crippen LogP contribution >= 0.6 is 0 Å². The van der Waals surface area contributed by atoms with E-state index in [1.165, 1.54) is 157 Å². The van der Waals surface area contributed by atoms with Gasteiger partial charge in [0.05, 0.1) is 33.0 Å². The van der Waals surface area contributed by atoms with Gasteiger partial charge in [-0.05, 0) is 190 Å². The fourth-order valence-corrected chi connectivity index (χ4v) is 14.7. The molecule has 3 aromatic heterocycles. The van der Waals surface area contributed by atoms with Crippen LogP contribution in [0.5, 0.6) is 0 Å². The Hall–Kier alpha value is -10.6. The number of fused-ring (bicyclic) bond motifs is 14. The molecule has 0 N–H and O–H groups in total. The lowest BCUT2D eigenvalue weighted by Gasteiger charge is -2.36. The molecule has 89 heavy (non-hydrogen) atoms. The third-order valence-electron chi connectivity index (χ3n) is 18.8. The number of rotatable bonds is 6. The Labute approximate surface area is 520 Å². The average Bonchev–Trinajstić information content (AvgIpc) is 1.55. The molecule has 0 atom stereocenters. The quantitative estimate of drug-likeness (QED) is 0.162.